The van der Waals surface area contributed by atoms with Gasteiger partial charge < -0.3 is 10.2 Å². The molecule has 0 atom stereocenters. The van der Waals surface area contributed by atoms with E-state index >= 15 is 0 Å². The largest absolute Gasteiger partial charge is 0.311 e. The van der Waals surface area contributed by atoms with E-state index in [1.54, 1.807) is 0 Å². The summed E-state index contributed by atoms with van der Waals surface area (Å²) in [5, 5.41) is 3.55. The van der Waals surface area contributed by atoms with Crippen molar-refractivity contribution in [1.82, 2.24) is 10.2 Å². The molecule has 12 heavy (non-hydrogen) atoms. The smallest absolute Gasteiger partial charge is 0.0217 e. The Kier molecular flexibility index (Phi) is 3.29. The number of nitrogens with zero attached hydrogens (tertiary/aromatic N) is 1. The van der Waals surface area contributed by atoms with Gasteiger partial charge in [-0.15, -0.1) is 13.2 Å². The second-order valence-electron chi connectivity index (χ2n) is 3.76. The fourth-order valence-electron chi connectivity index (χ4n) is 1.95. The highest BCUT2D eigenvalue weighted by Gasteiger charge is 2.38. The predicted octanol–water partition coefficient (Wildman–Crippen LogP) is 1.25. The molecule has 2 aliphatic rings. The summed E-state index contributed by atoms with van der Waals surface area (Å²) in [6.45, 7) is 9.82. The lowest BCUT2D eigenvalue weighted by molar-refractivity contribution is 0.0990. The van der Waals surface area contributed by atoms with Crippen molar-refractivity contribution in [2.24, 2.45) is 0 Å². The van der Waals surface area contributed by atoms with Crippen molar-refractivity contribution in [2.75, 3.05) is 26.7 Å². The van der Waals surface area contributed by atoms with Crippen molar-refractivity contribution in [3.8, 4) is 0 Å². The van der Waals surface area contributed by atoms with Crippen LogP contribution >= 0.6 is 0 Å². The topological polar surface area (TPSA) is 15.3 Å². The maximum Gasteiger partial charge on any atom is 0.0217 e. The summed E-state index contributed by atoms with van der Waals surface area (Å²) in [7, 11) is 2.21. The molecule has 1 spiro atoms. The van der Waals surface area contributed by atoms with Crippen molar-refractivity contribution >= 4 is 0 Å². The van der Waals surface area contributed by atoms with Gasteiger partial charge in [0.15, 0.2) is 0 Å². The second kappa shape index (κ2) is 4.06. The number of hydrogen-bond donors (Lipinski definition) is 1. The lowest BCUT2D eigenvalue weighted by Crippen LogP contribution is -2.61. The van der Waals surface area contributed by atoms with Crippen LogP contribution in [0.1, 0.15) is 19.3 Å². The molecule has 0 saturated carbocycles. The van der Waals surface area contributed by atoms with E-state index in [9.17, 15) is 0 Å². The van der Waals surface area contributed by atoms with Gasteiger partial charge in [0.1, 0.15) is 0 Å². The summed E-state index contributed by atoms with van der Waals surface area (Å²) >= 11 is 0. The summed E-state index contributed by atoms with van der Waals surface area (Å²) in [6, 6.07) is 0. The van der Waals surface area contributed by atoms with Crippen LogP contribution in [0.2, 0.25) is 0 Å². The van der Waals surface area contributed by atoms with Gasteiger partial charge in [-0.05, 0) is 45.9 Å². The molecule has 2 heteroatoms. The summed E-state index contributed by atoms with van der Waals surface area (Å²) in [6.07, 6.45) is 4.15. The van der Waals surface area contributed by atoms with Gasteiger partial charge in [-0.3, -0.25) is 0 Å². The highest BCUT2D eigenvalue weighted by atomic mass is 15.1. The molecule has 0 aromatic carbocycles. The van der Waals surface area contributed by atoms with Crippen LogP contribution in [0.15, 0.2) is 13.2 Å². The third kappa shape index (κ3) is 1.87. The molecule has 0 bridgehead atoms. The van der Waals surface area contributed by atoms with E-state index in [1.165, 1.54) is 38.9 Å². The third-order valence-corrected chi connectivity index (χ3v) is 3.05. The molecule has 2 aliphatic heterocycles. The first kappa shape index (κ1) is 9.75. The predicted molar refractivity (Wildman–Crippen MR) is 53.3 cm³/mol. The monoisotopic (exact) mass is 168 g/mol. The van der Waals surface area contributed by atoms with Gasteiger partial charge in [0, 0.05) is 5.54 Å². The van der Waals surface area contributed by atoms with Crippen molar-refractivity contribution < 1.29 is 0 Å². The fraction of sp³-hybridized carbons (Fsp3) is 0.800. The summed E-state index contributed by atoms with van der Waals surface area (Å²) in [5.41, 5.74) is 0.590. The molecule has 2 rings (SSSR count). The van der Waals surface area contributed by atoms with E-state index in [1.807, 2.05) is 0 Å². The molecular weight excluding hydrogens is 148 g/mol. The summed E-state index contributed by atoms with van der Waals surface area (Å²) in [5.74, 6) is 0. The fourth-order valence-corrected chi connectivity index (χ4v) is 1.95. The average Bonchev–Trinajstić information content (AvgIpc) is 2.07. The van der Waals surface area contributed by atoms with Crippen LogP contribution in [0.4, 0.5) is 0 Å². The van der Waals surface area contributed by atoms with Gasteiger partial charge in [-0.25, -0.2) is 0 Å². The normalized spacial score (nSPS) is 27.1. The molecular formula is C10H20N2. The number of nitrogens with one attached hydrogen (secondary N) is 1. The molecule has 2 saturated heterocycles. The van der Waals surface area contributed by atoms with E-state index in [4.69, 9.17) is 0 Å². The molecule has 0 unspecified atom stereocenters. The maximum absolute atomic E-state index is 3.55. The van der Waals surface area contributed by atoms with Crippen LogP contribution in [0.25, 0.3) is 0 Å². The Balaban J connectivity index is 0.000000336. The third-order valence-electron chi connectivity index (χ3n) is 3.05. The summed E-state index contributed by atoms with van der Waals surface area (Å²) < 4.78 is 0. The molecule has 0 amide bonds. The molecule has 2 heterocycles. The Hall–Kier alpha value is -0.340. The highest BCUT2D eigenvalue weighted by molar-refractivity contribution is 4.99. The Morgan fingerprint density at radius 3 is 2.00 bits per heavy atom. The van der Waals surface area contributed by atoms with Gasteiger partial charge in [-0.2, -0.15) is 0 Å². The molecule has 0 radical (unpaired) electrons. The standard InChI is InChI=1S/C8H16N2.C2H4/c1-10-6-3-8(4-7-10)2-5-9-8;1-2/h9H,2-7H2,1H3;1-2H2. The zero-order valence-corrected chi connectivity index (χ0v) is 8.10. The Morgan fingerprint density at radius 2 is 1.67 bits per heavy atom. The minimum absolute atomic E-state index is 0.590. The number of hydrogen-bond acceptors (Lipinski definition) is 2. The number of likely N-dealkylation sites (tertiary alicyclic amines) is 1. The first-order chi connectivity index (χ1) is 5.81. The zero-order chi connectivity index (χ0) is 9.03. The van der Waals surface area contributed by atoms with E-state index in [0.29, 0.717) is 5.54 Å². The second-order valence-corrected chi connectivity index (χ2v) is 3.76. The minimum Gasteiger partial charge on any atom is -0.311 e. The van der Waals surface area contributed by atoms with E-state index < -0.39 is 0 Å². The SMILES string of the molecule is C=C.CN1CCC2(CCN2)CC1. The van der Waals surface area contributed by atoms with Gasteiger partial charge in [0.2, 0.25) is 0 Å². The quantitative estimate of drug-likeness (QED) is 0.548. The van der Waals surface area contributed by atoms with Crippen molar-refractivity contribution in [3.63, 3.8) is 0 Å². The summed E-state index contributed by atoms with van der Waals surface area (Å²) in [4.78, 5) is 2.42. The van der Waals surface area contributed by atoms with Gasteiger partial charge >= 0.3 is 0 Å². The number of rotatable bonds is 0. The highest BCUT2D eigenvalue weighted by Crippen LogP contribution is 2.30. The zero-order valence-electron chi connectivity index (χ0n) is 8.10. The molecule has 1 N–H and O–H groups in total. The van der Waals surface area contributed by atoms with Crippen LogP contribution < -0.4 is 5.32 Å². The first-order valence-electron chi connectivity index (χ1n) is 4.74. The van der Waals surface area contributed by atoms with Gasteiger partial charge in [0.25, 0.3) is 0 Å². The Bertz CT molecular complexity index is 131. The van der Waals surface area contributed by atoms with Crippen molar-refractivity contribution in [2.45, 2.75) is 24.8 Å². The van der Waals surface area contributed by atoms with Crippen molar-refractivity contribution in [3.05, 3.63) is 13.2 Å². The lowest BCUT2D eigenvalue weighted by Gasteiger charge is -2.48. The van der Waals surface area contributed by atoms with Crippen LogP contribution in [0.3, 0.4) is 0 Å². The Labute approximate surface area is 75.6 Å². The molecule has 0 aromatic heterocycles. The van der Waals surface area contributed by atoms with E-state index in [0.717, 1.165) is 0 Å². The molecule has 0 aromatic rings. The molecule has 70 valence electrons. The van der Waals surface area contributed by atoms with Gasteiger partial charge in [-0.1, -0.05) is 0 Å². The minimum atomic E-state index is 0.590. The van der Waals surface area contributed by atoms with Crippen LogP contribution in [0.5, 0.6) is 0 Å². The number of piperidine rings is 1. The van der Waals surface area contributed by atoms with Gasteiger partial charge in [0.05, 0.1) is 0 Å². The lowest BCUT2D eigenvalue weighted by atomic mass is 9.79. The van der Waals surface area contributed by atoms with E-state index in [-0.39, 0.29) is 0 Å². The molecule has 0 aliphatic carbocycles. The van der Waals surface area contributed by atoms with Crippen LogP contribution in [0, 0.1) is 0 Å². The first-order valence-corrected chi connectivity index (χ1v) is 4.74. The van der Waals surface area contributed by atoms with Crippen LogP contribution in [-0.2, 0) is 0 Å². The van der Waals surface area contributed by atoms with Crippen LogP contribution in [-0.4, -0.2) is 37.1 Å². The maximum atomic E-state index is 3.55. The Morgan fingerprint density at radius 1 is 1.17 bits per heavy atom. The van der Waals surface area contributed by atoms with E-state index in [2.05, 4.69) is 30.4 Å². The molecule has 2 fully saturated rings. The average molecular weight is 168 g/mol. The molecule has 2 nitrogen and oxygen atoms in total. The van der Waals surface area contributed by atoms with Crippen molar-refractivity contribution in [1.29, 1.82) is 0 Å².